The first-order chi connectivity index (χ1) is 10.6. The van der Waals surface area contributed by atoms with Crippen molar-refractivity contribution in [1.29, 1.82) is 0 Å². The van der Waals surface area contributed by atoms with Crippen molar-refractivity contribution in [2.75, 3.05) is 0 Å². The number of hydrazone groups is 1. The normalized spacial score (nSPS) is 11.0. The van der Waals surface area contributed by atoms with Crippen molar-refractivity contribution in [1.82, 2.24) is 5.43 Å². The number of nitro groups is 1. The summed E-state index contributed by atoms with van der Waals surface area (Å²) >= 11 is 0. The molecule has 0 aromatic heterocycles. The zero-order chi connectivity index (χ0) is 15.9. The first-order valence-corrected chi connectivity index (χ1v) is 6.68. The van der Waals surface area contributed by atoms with E-state index >= 15 is 0 Å². The van der Waals surface area contributed by atoms with Gasteiger partial charge in [-0.05, 0) is 18.6 Å². The van der Waals surface area contributed by atoms with Crippen LogP contribution in [0.4, 0.5) is 5.69 Å². The number of benzene rings is 2. The van der Waals surface area contributed by atoms with Crippen LogP contribution in [0.25, 0.3) is 0 Å². The molecule has 1 N–H and O–H groups in total. The zero-order valence-electron chi connectivity index (χ0n) is 12.0. The van der Waals surface area contributed by atoms with Gasteiger partial charge in [-0.25, -0.2) is 5.43 Å². The molecule has 0 heterocycles. The lowest BCUT2D eigenvalue weighted by molar-refractivity contribution is -0.384. The Morgan fingerprint density at radius 3 is 2.59 bits per heavy atom. The highest BCUT2D eigenvalue weighted by Gasteiger charge is 2.10. The Kier molecular flexibility index (Phi) is 4.98. The standard InChI is InChI=1S/C16H15N3O3/c1-12(10-13-6-3-2-4-7-13)17-18-16(20)14-8-5-9-15(11-14)19(21)22/h2-9,11H,10H2,1H3,(H,18,20)/b17-12+. The number of carbonyl (C=O) groups is 1. The van der Waals surface area contributed by atoms with Crippen LogP contribution >= 0.6 is 0 Å². The van der Waals surface area contributed by atoms with Gasteiger partial charge in [0.05, 0.1) is 4.92 Å². The van der Waals surface area contributed by atoms with Crippen LogP contribution in [0, 0.1) is 10.1 Å². The average Bonchev–Trinajstić information content (AvgIpc) is 2.53. The highest BCUT2D eigenvalue weighted by atomic mass is 16.6. The van der Waals surface area contributed by atoms with Crippen LogP contribution in [0.2, 0.25) is 0 Å². The Morgan fingerprint density at radius 2 is 1.91 bits per heavy atom. The van der Waals surface area contributed by atoms with E-state index in [1.165, 1.54) is 24.3 Å². The molecule has 0 aliphatic heterocycles. The van der Waals surface area contributed by atoms with Crippen LogP contribution in [0.5, 0.6) is 0 Å². The molecule has 0 bridgehead atoms. The number of non-ortho nitro benzene ring substituents is 1. The molecule has 2 rings (SSSR count). The Hall–Kier alpha value is -3.02. The molecule has 6 heteroatoms. The van der Waals surface area contributed by atoms with Crippen molar-refractivity contribution >= 4 is 17.3 Å². The number of hydrogen-bond donors (Lipinski definition) is 1. The molecular weight excluding hydrogens is 282 g/mol. The second-order valence-corrected chi connectivity index (χ2v) is 4.76. The van der Waals surface area contributed by atoms with E-state index < -0.39 is 10.8 Å². The van der Waals surface area contributed by atoms with E-state index in [0.717, 1.165) is 11.3 Å². The molecule has 0 spiro atoms. The first-order valence-electron chi connectivity index (χ1n) is 6.68. The molecule has 2 aromatic carbocycles. The van der Waals surface area contributed by atoms with E-state index in [4.69, 9.17) is 0 Å². The molecule has 1 amide bonds. The summed E-state index contributed by atoms with van der Waals surface area (Å²) in [5.41, 5.74) is 4.32. The molecule has 22 heavy (non-hydrogen) atoms. The lowest BCUT2D eigenvalue weighted by Crippen LogP contribution is -2.19. The fourth-order valence-corrected chi connectivity index (χ4v) is 1.90. The number of nitro benzene ring substituents is 1. The molecule has 6 nitrogen and oxygen atoms in total. The lowest BCUT2D eigenvalue weighted by Gasteiger charge is -2.03. The summed E-state index contributed by atoms with van der Waals surface area (Å²) in [5, 5.41) is 14.7. The number of carbonyl (C=O) groups excluding carboxylic acids is 1. The first kappa shape index (κ1) is 15.4. The van der Waals surface area contributed by atoms with E-state index in [1.807, 2.05) is 30.3 Å². The van der Waals surface area contributed by atoms with Gasteiger partial charge in [0.15, 0.2) is 0 Å². The van der Waals surface area contributed by atoms with Crippen LogP contribution in [-0.2, 0) is 6.42 Å². The van der Waals surface area contributed by atoms with Crippen LogP contribution in [0.15, 0.2) is 59.7 Å². The molecular formula is C16H15N3O3. The maximum absolute atomic E-state index is 11.9. The largest absolute Gasteiger partial charge is 0.271 e. The van der Waals surface area contributed by atoms with Gasteiger partial charge < -0.3 is 0 Å². The summed E-state index contributed by atoms with van der Waals surface area (Å²) in [6.07, 6.45) is 0.621. The van der Waals surface area contributed by atoms with E-state index in [1.54, 1.807) is 6.92 Å². The smallest absolute Gasteiger partial charge is 0.267 e. The number of amides is 1. The summed E-state index contributed by atoms with van der Waals surface area (Å²) in [6, 6.07) is 15.3. The Labute approximate surface area is 127 Å². The molecule has 0 aliphatic rings. The Bertz CT molecular complexity index is 712. The molecule has 0 saturated carbocycles. The van der Waals surface area contributed by atoms with Gasteiger partial charge in [0.25, 0.3) is 11.6 Å². The van der Waals surface area contributed by atoms with Gasteiger partial charge in [0, 0.05) is 29.8 Å². The molecule has 0 fully saturated rings. The molecule has 0 atom stereocenters. The third-order valence-electron chi connectivity index (χ3n) is 2.97. The van der Waals surface area contributed by atoms with Crippen molar-refractivity contribution < 1.29 is 9.72 Å². The molecule has 0 radical (unpaired) electrons. The third-order valence-corrected chi connectivity index (χ3v) is 2.97. The number of nitrogens with zero attached hydrogens (tertiary/aromatic N) is 2. The highest BCUT2D eigenvalue weighted by Crippen LogP contribution is 2.12. The zero-order valence-corrected chi connectivity index (χ0v) is 12.0. The monoisotopic (exact) mass is 297 g/mol. The molecule has 0 unspecified atom stereocenters. The average molecular weight is 297 g/mol. The topological polar surface area (TPSA) is 84.6 Å². The van der Waals surface area contributed by atoms with Gasteiger partial charge in [-0.2, -0.15) is 5.10 Å². The predicted molar refractivity (Wildman–Crippen MR) is 83.8 cm³/mol. The van der Waals surface area contributed by atoms with Crippen molar-refractivity contribution in [3.63, 3.8) is 0 Å². The highest BCUT2D eigenvalue weighted by molar-refractivity contribution is 5.95. The van der Waals surface area contributed by atoms with Crippen LogP contribution < -0.4 is 5.43 Å². The summed E-state index contributed by atoms with van der Waals surface area (Å²) in [6.45, 7) is 1.81. The second-order valence-electron chi connectivity index (χ2n) is 4.76. The SMILES string of the molecule is C/C(Cc1ccccc1)=N\NC(=O)c1cccc([N+](=O)[O-])c1. The maximum atomic E-state index is 11.9. The molecule has 0 saturated heterocycles. The summed E-state index contributed by atoms with van der Waals surface area (Å²) in [4.78, 5) is 22.1. The number of hydrogen-bond acceptors (Lipinski definition) is 4. The Balaban J connectivity index is 2.01. The van der Waals surface area contributed by atoms with Crippen LogP contribution in [0.1, 0.15) is 22.8 Å². The minimum absolute atomic E-state index is 0.127. The van der Waals surface area contributed by atoms with Gasteiger partial charge in [-0.3, -0.25) is 14.9 Å². The van der Waals surface area contributed by atoms with Crippen molar-refractivity contribution in [2.45, 2.75) is 13.3 Å². The van der Waals surface area contributed by atoms with Gasteiger partial charge >= 0.3 is 0 Å². The third kappa shape index (κ3) is 4.24. The van der Waals surface area contributed by atoms with Crippen molar-refractivity contribution in [3.8, 4) is 0 Å². The van der Waals surface area contributed by atoms with Crippen LogP contribution in [-0.4, -0.2) is 16.5 Å². The van der Waals surface area contributed by atoms with Gasteiger partial charge in [0.1, 0.15) is 0 Å². The second kappa shape index (κ2) is 7.12. The van der Waals surface area contributed by atoms with Gasteiger partial charge in [-0.15, -0.1) is 0 Å². The minimum atomic E-state index is -0.541. The van der Waals surface area contributed by atoms with E-state index in [0.29, 0.717) is 6.42 Å². The molecule has 2 aromatic rings. The Morgan fingerprint density at radius 1 is 1.18 bits per heavy atom. The summed E-state index contributed by atoms with van der Waals surface area (Å²) in [5.74, 6) is -0.476. The fraction of sp³-hybridized carbons (Fsp3) is 0.125. The molecule has 112 valence electrons. The quantitative estimate of drug-likeness (QED) is 0.523. The fourth-order valence-electron chi connectivity index (χ4n) is 1.90. The summed E-state index contributed by atoms with van der Waals surface area (Å²) < 4.78 is 0. The minimum Gasteiger partial charge on any atom is -0.267 e. The van der Waals surface area contributed by atoms with Crippen molar-refractivity contribution in [3.05, 3.63) is 75.8 Å². The predicted octanol–water partition coefficient (Wildman–Crippen LogP) is 2.94. The number of rotatable bonds is 5. The van der Waals surface area contributed by atoms with Gasteiger partial charge in [0.2, 0.25) is 0 Å². The van der Waals surface area contributed by atoms with Crippen LogP contribution in [0.3, 0.4) is 0 Å². The van der Waals surface area contributed by atoms with E-state index in [2.05, 4.69) is 10.5 Å². The van der Waals surface area contributed by atoms with Gasteiger partial charge in [-0.1, -0.05) is 36.4 Å². The van der Waals surface area contributed by atoms with Crippen molar-refractivity contribution in [2.24, 2.45) is 5.10 Å². The lowest BCUT2D eigenvalue weighted by atomic mass is 10.1. The molecule has 0 aliphatic carbocycles. The maximum Gasteiger partial charge on any atom is 0.271 e. The van der Waals surface area contributed by atoms with E-state index in [9.17, 15) is 14.9 Å². The summed E-state index contributed by atoms with van der Waals surface area (Å²) in [7, 11) is 0. The number of nitrogens with one attached hydrogen (secondary N) is 1. The van der Waals surface area contributed by atoms with E-state index in [-0.39, 0.29) is 11.3 Å².